The van der Waals surface area contributed by atoms with E-state index in [4.69, 9.17) is 5.73 Å². The molecule has 0 saturated heterocycles. The summed E-state index contributed by atoms with van der Waals surface area (Å²) in [6.45, 7) is 1.90. The number of carbonyl (C=O) groups is 1. The molecule has 1 amide bonds. The van der Waals surface area contributed by atoms with Gasteiger partial charge in [0.2, 0.25) is 5.82 Å². The van der Waals surface area contributed by atoms with E-state index >= 15 is 0 Å². The molecule has 1 atom stereocenters. The molecule has 1 heterocycles. The largest absolute Gasteiger partial charge is 0.451 e. The smallest absolute Gasteiger partial charge is 0.366 e. The number of aromatic nitrogens is 2. The van der Waals surface area contributed by atoms with E-state index in [2.05, 4.69) is 15.3 Å². The number of benzene rings is 2. The minimum Gasteiger partial charge on any atom is -0.366 e. The number of hydrogen-bond donors (Lipinski definition) is 2. The van der Waals surface area contributed by atoms with E-state index in [9.17, 15) is 22.4 Å². The van der Waals surface area contributed by atoms with Crippen molar-refractivity contribution in [1.82, 2.24) is 9.97 Å². The standard InChI is InChI=1S/C20H18F4N4O/c1-2-5-15(11-6-3-7-12(21)10-11)26-18-14-9-4-8-13(17(25)29)16(14)27-19(28-18)20(22,23)24/h3-4,6-10,15H,2,5H2,1H3,(H2,25,29)(H,26,27,28)/t15-/m1/s1. The lowest BCUT2D eigenvalue weighted by Gasteiger charge is -2.21. The van der Waals surface area contributed by atoms with Gasteiger partial charge in [0.25, 0.3) is 5.91 Å². The van der Waals surface area contributed by atoms with Gasteiger partial charge in [-0.3, -0.25) is 4.79 Å². The average Bonchev–Trinajstić information content (AvgIpc) is 2.66. The van der Waals surface area contributed by atoms with Gasteiger partial charge in [0, 0.05) is 5.39 Å². The van der Waals surface area contributed by atoms with Gasteiger partial charge in [-0.1, -0.05) is 31.5 Å². The van der Waals surface area contributed by atoms with Gasteiger partial charge >= 0.3 is 6.18 Å². The average molecular weight is 406 g/mol. The van der Waals surface area contributed by atoms with Crippen LogP contribution in [0.1, 0.15) is 47.6 Å². The van der Waals surface area contributed by atoms with E-state index in [1.54, 1.807) is 6.07 Å². The first kappa shape index (κ1) is 20.5. The van der Waals surface area contributed by atoms with Gasteiger partial charge in [-0.05, 0) is 36.2 Å². The predicted molar refractivity (Wildman–Crippen MR) is 101 cm³/mol. The number of nitrogens with one attached hydrogen (secondary N) is 1. The number of carbonyl (C=O) groups excluding carboxylic acids is 1. The summed E-state index contributed by atoms with van der Waals surface area (Å²) in [5.74, 6) is -2.85. The summed E-state index contributed by atoms with van der Waals surface area (Å²) < 4.78 is 53.8. The molecule has 0 aliphatic heterocycles. The van der Waals surface area contributed by atoms with E-state index in [1.807, 2.05) is 6.92 Å². The lowest BCUT2D eigenvalue weighted by atomic mass is 10.0. The van der Waals surface area contributed by atoms with E-state index in [-0.39, 0.29) is 22.3 Å². The number of halogens is 4. The Morgan fingerprint density at radius 2 is 1.90 bits per heavy atom. The Labute approximate surface area is 164 Å². The van der Waals surface area contributed by atoms with E-state index in [1.165, 1.54) is 36.4 Å². The SMILES string of the molecule is CCC[C@@H](Nc1nc(C(F)(F)F)nc2c(C(N)=O)cccc12)c1cccc(F)c1. The second kappa shape index (κ2) is 8.02. The molecule has 0 aliphatic rings. The second-order valence-electron chi connectivity index (χ2n) is 6.50. The fourth-order valence-electron chi connectivity index (χ4n) is 3.09. The molecule has 0 unspecified atom stereocenters. The number of para-hydroxylation sites is 1. The normalized spacial score (nSPS) is 12.7. The number of nitrogens with zero attached hydrogens (tertiary/aromatic N) is 2. The molecule has 0 fully saturated rings. The van der Waals surface area contributed by atoms with Gasteiger partial charge < -0.3 is 11.1 Å². The number of anilines is 1. The number of fused-ring (bicyclic) bond motifs is 1. The summed E-state index contributed by atoms with van der Waals surface area (Å²) in [6.07, 6.45) is -3.61. The third-order valence-electron chi connectivity index (χ3n) is 4.38. The first-order chi connectivity index (χ1) is 13.7. The fraction of sp³-hybridized carbons (Fsp3) is 0.250. The number of rotatable bonds is 6. The Hall–Kier alpha value is -3.23. The summed E-state index contributed by atoms with van der Waals surface area (Å²) >= 11 is 0. The zero-order chi connectivity index (χ0) is 21.2. The highest BCUT2D eigenvalue weighted by Crippen LogP contribution is 2.33. The van der Waals surface area contributed by atoms with Crippen LogP contribution in [0.3, 0.4) is 0 Å². The van der Waals surface area contributed by atoms with Gasteiger partial charge in [-0.25, -0.2) is 14.4 Å². The molecule has 0 saturated carbocycles. The third kappa shape index (κ3) is 4.44. The Balaban J connectivity index is 2.18. The fourth-order valence-corrected chi connectivity index (χ4v) is 3.09. The quantitative estimate of drug-likeness (QED) is 0.574. The molecule has 3 rings (SSSR count). The Bertz CT molecular complexity index is 1050. The molecule has 0 aliphatic carbocycles. The Kier molecular flexibility index (Phi) is 5.67. The van der Waals surface area contributed by atoms with Crippen LogP contribution in [0.4, 0.5) is 23.4 Å². The Morgan fingerprint density at radius 1 is 1.17 bits per heavy atom. The lowest BCUT2D eigenvalue weighted by Crippen LogP contribution is -2.18. The maximum absolute atomic E-state index is 13.7. The summed E-state index contributed by atoms with van der Waals surface area (Å²) in [7, 11) is 0. The number of nitrogens with two attached hydrogens (primary N) is 1. The molecule has 1 aromatic heterocycles. The highest BCUT2D eigenvalue weighted by molar-refractivity contribution is 6.07. The summed E-state index contributed by atoms with van der Waals surface area (Å²) in [5, 5.41) is 3.19. The lowest BCUT2D eigenvalue weighted by molar-refractivity contribution is -0.144. The summed E-state index contributed by atoms with van der Waals surface area (Å²) in [4.78, 5) is 18.9. The molecular formula is C20H18F4N4O. The molecular weight excluding hydrogens is 388 g/mol. The summed E-state index contributed by atoms with van der Waals surface area (Å²) in [6, 6.07) is 9.60. The van der Waals surface area contributed by atoms with Crippen LogP contribution in [0, 0.1) is 5.82 Å². The van der Waals surface area contributed by atoms with Crippen LogP contribution in [0.2, 0.25) is 0 Å². The molecule has 0 spiro atoms. The van der Waals surface area contributed by atoms with Crippen molar-refractivity contribution in [3.8, 4) is 0 Å². The van der Waals surface area contributed by atoms with Gasteiger partial charge in [-0.15, -0.1) is 0 Å². The van der Waals surface area contributed by atoms with Crippen molar-refractivity contribution >= 4 is 22.6 Å². The topological polar surface area (TPSA) is 80.9 Å². The van der Waals surface area contributed by atoms with Crippen LogP contribution < -0.4 is 11.1 Å². The minimum atomic E-state index is -4.82. The van der Waals surface area contributed by atoms with Crippen molar-refractivity contribution in [2.24, 2.45) is 5.73 Å². The third-order valence-corrected chi connectivity index (χ3v) is 4.38. The van der Waals surface area contributed by atoms with Crippen molar-refractivity contribution in [2.45, 2.75) is 32.0 Å². The number of primary amides is 1. The molecule has 0 bridgehead atoms. The molecule has 2 aromatic carbocycles. The Morgan fingerprint density at radius 3 is 2.52 bits per heavy atom. The molecule has 152 valence electrons. The molecule has 3 N–H and O–H groups in total. The van der Waals surface area contributed by atoms with Gasteiger partial charge in [0.15, 0.2) is 0 Å². The van der Waals surface area contributed by atoms with Crippen LogP contribution in [0.5, 0.6) is 0 Å². The number of hydrogen-bond acceptors (Lipinski definition) is 4. The van der Waals surface area contributed by atoms with Crippen molar-refractivity contribution < 1.29 is 22.4 Å². The highest BCUT2D eigenvalue weighted by atomic mass is 19.4. The van der Waals surface area contributed by atoms with Crippen molar-refractivity contribution in [2.75, 3.05) is 5.32 Å². The van der Waals surface area contributed by atoms with Crippen molar-refractivity contribution in [3.05, 3.63) is 65.2 Å². The first-order valence-electron chi connectivity index (χ1n) is 8.90. The van der Waals surface area contributed by atoms with Crippen LogP contribution in [0.25, 0.3) is 10.9 Å². The zero-order valence-electron chi connectivity index (χ0n) is 15.4. The first-order valence-corrected chi connectivity index (χ1v) is 8.90. The second-order valence-corrected chi connectivity index (χ2v) is 6.50. The van der Waals surface area contributed by atoms with E-state index < -0.39 is 29.8 Å². The predicted octanol–water partition coefficient (Wildman–Crippen LogP) is 4.84. The van der Waals surface area contributed by atoms with Crippen LogP contribution in [-0.2, 0) is 6.18 Å². The van der Waals surface area contributed by atoms with E-state index in [0.717, 1.165) is 0 Å². The maximum atomic E-state index is 13.7. The molecule has 5 nitrogen and oxygen atoms in total. The van der Waals surface area contributed by atoms with E-state index in [0.29, 0.717) is 18.4 Å². The monoisotopic (exact) mass is 406 g/mol. The summed E-state index contributed by atoms with van der Waals surface area (Å²) in [5.41, 5.74) is 5.53. The highest BCUT2D eigenvalue weighted by Gasteiger charge is 2.36. The molecule has 29 heavy (non-hydrogen) atoms. The van der Waals surface area contributed by atoms with Crippen LogP contribution >= 0.6 is 0 Å². The number of amides is 1. The molecule has 0 radical (unpaired) electrons. The zero-order valence-corrected chi connectivity index (χ0v) is 15.4. The molecule has 3 aromatic rings. The van der Waals surface area contributed by atoms with Gasteiger partial charge in [0.1, 0.15) is 11.6 Å². The minimum absolute atomic E-state index is 0.104. The van der Waals surface area contributed by atoms with Crippen molar-refractivity contribution in [3.63, 3.8) is 0 Å². The maximum Gasteiger partial charge on any atom is 0.451 e. The van der Waals surface area contributed by atoms with Crippen LogP contribution in [0.15, 0.2) is 42.5 Å². The number of alkyl halides is 3. The van der Waals surface area contributed by atoms with Crippen molar-refractivity contribution in [1.29, 1.82) is 0 Å². The van der Waals surface area contributed by atoms with Crippen LogP contribution in [-0.4, -0.2) is 15.9 Å². The van der Waals surface area contributed by atoms with Gasteiger partial charge in [0.05, 0.1) is 17.1 Å². The molecule has 9 heteroatoms. The van der Waals surface area contributed by atoms with Gasteiger partial charge in [-0.2, -0.15) is 13.2 Å².